The standard InChI is InChI=1S/C26H31FN6O6S3/c1-17(15-40-16-18-3-2-4-20(11-18)38-10-8-27)29-25(35)23(7-9-34)33-13-19(31-32-33)14-39-21-5-6-24-22(12-21)30-26(41-24)42(28,36)37/h2-6,11-13,17,23,34H,7-10,14-16H2,1H3,(H,29,35)(H2,28,36,37). The molecule has 0 bridgehead atoms. The SMILES string of the molecule is CC(CSCc1cccc(OCCF)c1)NC(=O)C(CCO)n1cc(COc2ccc3sc(S(N)(=O)=O)nc3c2)nn1. The Hall–Kier alpha value is -3.31. The molecule has 0 aliphatic heterocycles. The van der Waals surface area contributed by atoms with Crippen LogP contribution in [0.2, 0.25) is 0 Å². The molecule has 0 spiro atoms. The van der Waals surface area contributed by atoms with Crippen molar-refractivity contribution in [3.8, 4) is 11.5 Å². The van der Waals surface area contributed by atoms with Gasteiger partial charge in [0.1, 0.15) is 43.1 Å². The number of nitrogens with two attached hydrogens (primary N) is 1. The predicted molar refractivity (Wildman–Crippen MR) is 158 cm³/mol. The molecule has 2 atom stereocenters. The molecule has 0 aliphatic rings. The lowest BCUT2D eigenvalue weighted by atomic mass is 10.2. The number of aliphatic hydroxyl groups is 1. The van der Waals surface area contributed by atoms with Gasteiger partial charge in [-0.15, -0.1) is 16.4 Å². The molecule has 4 rings (SSSR count). The molecule has 1 amide bonds. The number of thiazole rings is 1. The fourth-order valence-corrected chi connectivity index (χ4v) is 6.52. The van der Waals surface area contributed by atoms with Crippen LogP contribution in [0.4, 0.5) is 4.39 Å². The number of thioether (sulfide) groups is 1. The maximum Gasteiger partial charge on any atom is 0.265 e. The molecule has 2 aromatic heterocycles. The molecule has 0 saturated heterocycles. The highest BCUT2D eigenvalue weighted by Gasteiger charge is 2.23. The molecule has 2 aromatic carbocycles. The van der Waals surface area contributed by atoms with Crippen LogP contribution in [0.5, 0.6) is 11.5 Å². The predicted octanol–water partition coefficient (Wildman–Crippen LogP) is 2.82. The number of fused-ring (bicyclic) bond motifs is 1. The molecular weight excluding hydrogens is 608 g/mol. The minimum Gasteiger partial charge on any atom is -0.491 e. The Kier molecular flexibility index (Phi) is 11.1. The average molecular weight is 639 g/mol. The lowest BCUT2D eigenvalue weighted by Gasteiger charge is -2.19. The summed E-state index contributed by atoms with van der Waals surface area (Å²) in [5.74, 6) is 2.11. The van der Waals surface area contributed by atoms with Gasteiger partial charge in [0.15, 0.2) is 0 Å². The number of nitrogens with zero attached hydrogens (tertiary/aromatic N) is 4. The highest BCUT2D eigenvalue weighted by atomic mass is 32.2. The number of rotatable bonds is 16. The number of carbonyl (C=O) groups is 1. The molecule has 0 saturated carbocycles. The zero-order chi connectivity index (χ0) is 30.1. The molecule has 0 aliphatic carbocycles. The van der Waals surface area contributed by atoms with Crippen LogP contribution in [-0.2, 0) is 27.2 Å². The third-order valence-electron chi connectivity index (χ3n) is 5.82. The third-order valence-corrected chi connectivity index (χ3v) is 9.45. The number of primary sulfonamides is 1. The fourth-order valence-electron chi connectivity index (χ4n) is 3.91. The Morgan fingerprint density at radius 2 is 2.05 bits per heavy atom. The summed E-state index contributed by atoms with van der Waals surface area (Å²) in [5.41, 5.74) is 1.93. The summed E-state index contributed by atoms with van der Waals surface area (Å²) in [6, 6.07) is 11.5. The summed E-state index contributed by atoms with van der Waals surface area (Å²) < 4.78 is 48.4. The highest BCUT2D eigenvalue weighted by molar-refractivity contribution is 7.98. The number of carbonyl (C=O) groups excluding carboxylic acids is 1. The first-order chi connectivity index (χ1) is 20.2. The Labute approximate surface area is 250 Å². The van der Waals surface area contributed by atoms with Crippen LogP contribution in [0.25, 0.3) is 10.2 Å². The number of halogens is 1. The van der Waals surface area contributed by atoms with E-state index in [9.17, 15) is 22.7 Å². The van der Waals surface area contributed by atoms with E-state index in [-0.39, 0.29) is 42.5 Å². The Bertz CT molecular complexity index is 1600. The van der Waals surface area contributed by atoms with Gasteiger partial charge in [0.25, 0.3) is 10.0 Å². The smallest absolute Gasteiger partial charge is 0.265 e. The molecule has 0 fully saturated rings. The topological polar surface area (TPSA) is 172 Å². The number of sulfonamides is 1. The zero-order valence-electron chi connectivity index (χ0n) is 22.7. The molecule has 16 heteroatoms. The van der Waals surface area contributed by atoms with Gasteiger partial charge < -0.3 is 19.9 Å². The second-order valence-corrected chi connectivity index (χ2v) is 13.1. The van der Waals surface area contributed by atoms with Crippen molar-refractivity contribution in [3.05, 3.63) is 59.9 Å². The molecule has 4 N–H and O–H groups in total. The number of hydrogen-bond donors (Lipinski definition) is 3. The first-order valence-corrected chi connectivity index (χ1v) is 16.4. The minimum absolute atomic E-state index is 0.0185. The Balaban J connectivity index is 1.29. The molecule has 42 heavy (non-hydrogen) atoms. The number of alkyl halides is 1. The molecule has 4 aromatic rings. The van der Waals surface area contributed by atoms with Crippen molar-refractivity contribution >= 4 is 49.2 Å². The first-order valence-electron chi connectivity index (χ1n) is 12.9. The van der Waals surface area contributed by atoms with Crippen molar-refractivity contribution in [1.82, 2.24) is 25.3 Å². The van der Waals surface area contributed by atoms with E-state index in [4.69, 9.17) is 14.6 Å². The normalized spacial score (nSPS) is 13.1. The van der Waals surface area contributed by atoms with Crippen LogP contribution >= 0.6 is 23.1 Å². The molecule has 226 valence electrons. The monoisotopic (exact) mass is 638 g/mol. The quantitative estimate of drug-likeness (QED) is 0.166. The lowest BCUT2D eigenvalue weighted by Crippen LogP contribution is -2.40. The van der Waals surface area contributed by atoms with Crippen molar-refractivity contribution in [2.75, 3.05) is 25.6 Å². The third kappa shape index (κ3) is 8.84. The van der Waals surface area contributed by atoms with Crippen LogP contribution < -0.4 is 19.9 Å². The number of amides is 1. The van der Waals surface area contributed by atoms with Crippen molar-refractivity contribution < 1.29 is 32.2 Å². The second-order valence-electron chi connectivity index (χ2n) is 9.27. The van der Waals surface area contributed by atoms with Gasteiger partial charge in [0.2, 0.25) is 10.2 Å². The number of aliphatic hydroxyl groups excluding tert-OH is 1. The van der Waals surface area contributed by atoms with Gasteiger partial charge in [-0.2, -0.15) is 11.8 Å². The summed E-state index contributed by atoms with van der Waals surface area (Å²) >= 11 is 2.61. The van der Waals surface area contributed by atoms with E-state index < -0.39 is 22.7 Å². The summed E-state index contributed by atoms with van der Waals surface area (Å²) in [6.07, 6.45) is 1.73. The summed E-state index contributed by atoms with van der Waals surface area (Å²) in [5, 5.41) is 25.9. The molecule has 12 nitrogen and oxygen atoms in total. The van der Waals surface area contributed by atoms with Crippen LogP contribution in [0, 0.1) is 0 Å². The summed E-state index contributed by atoms with van der Waals surface area (Å²) in [7, 11) is -3.90. The molecule has 2 unspecified atom stereocenters. The van der Waals surface area contributed by atoms with E-state index in [1.165, 1.54) is 4.68 Å². The number of nitrogens with one attached hydrogen (secondary N) is 1. The van der Waals surface area contributed by atoms with Crippen LogP contribution in [0.3, 0.4) is 0 Å². The average Bonchev–Trinajstić information content (AvgIpc) is 3.61. The fraction of sp³-hybridized carbons (Fsp3) is 0.385. The van der Waals surface area contributed by atoms with Crippen molar-refractivity contribution in [3.63, 3.8) is 0 Å². The van der Waals surface area contributed by atoms with Gasteiger partial charge in [-0.3, -0.25) is 4.79 Å². The van der Waals surface area contributed by atoms with Crippen molar-refractivity contribution in [2.45, 2.75) is 42.1 Å². The number of aromatic nitrogens is 4. The molecular formula is C26H31FN6O6S3. The van der Waals surface area contributed by atoms with E-state index in [1.54, 1.807) is 42.2 Å². The second kappa shape index (κ2) is 14.7. The van der Waals surface area contributed by atoms with Crippen LogP contribution in [0.15, 0.2) is 53.0 Å². The minimum atomic E-state index is -3.90. The van der Waals surface area contributed by atoms with Gasteiger partial charge in [0, 0.05) is 36.6 Å². The number of ether oxygens (including phenoxy) is 2. The summed E-state index contributed by atoms with van der Waals surface area (Å²) in [4.78, 5) is 17.1. The number of benzene rings is 2. The highest BCUT2D eigenvalue weighted by Crippen LogP contribution is 2.28. The zero-order valence-corrected chi connectivity index (χ0v) is 25.1. The number of hydrogen-bond acceptors (Lipinski definition) is 11. The maximum absolute atomic E-state index is 13.1. The van der Waals surface area contributed by atoms with Gasteiger partial charge in [-0.05, 0) is 36.8 Å². The lowest BCUT2D eigenvalue weighted by molar-refractivity contribution is -0.125. The van der Waals surface area contributed by atoms with Crippen molar-refractivity contribution in [2.24, 2.45) is 5.14 Å². The van der Waals surface area contributed by atoms with Crippen LogP contribution in [-0.4, -0.2) is 71.1 Å². The van der Waals surface area contributed by atoms with E-state index in [0.29, 0.717) is 38.9 Å². The van der Waals surface area contributed by atoms with Crippen molar-refractivity contribution in [1.29, 1.82) is 0 Å². The van der Waals surface area contributed by atoms with Crippen LogP contribution in [0.1, 0.15) is 30.6 Å². The molecule has 2 heterocycles. The Morgan fingerprint density at radius 1 is 1.24 bits per heavy atom. The first kappa shape index (κ1) is 31.6. The van der Waals surface area contributed by atoms with E-state index in [1.807, 2.05) is 25.1 Å². The van der Waals surface area contributed by atoms with Gasteiger partial charge >= 0.3 is 0 Å². The summed E-state index contributed by atoms with van der Waals surface area (Å²) in [6.45, 7) is 1.19. The Morgan fingerprint density at radius 3 is 2.81 bits per heavy atom. The molecule has 0 radical (unpaired) electrons. The van der Waals surface area contributed by atoms with Gasteiger partial charge in [0.05, 0.1) is 16.4 Å². The van der Waals surface area contributed by atoms with E-state index in [0.717, 1.165) is 16.9 Å². The largest absolute Gasteiger partial charge is 0.491 e. The van der Waals surface area contributed by atoms with Gasteiger partial charge in [-0.25, -0.2) is 27.6 Å². The van der Waals surface area contributed by atoms with E-state index in [2.05, 4.69) is 20.6 Å². The van der Waals surface area contributed by atoms with Gasteiger partial charge in [-0.1, -0.05) is 17.3 Å². The van der Waals surface area contributed by atoms with E-state index >= 15 is 0 Å². The maximum atomic E-state index is 13.1.